The molecule has 0 saturated heterocycles. The molecule has 160 valence electrons. The SMILES string of the molecule is Cc1cc(C(=O)COC(=O)c2ccc(CNC(N)=O)cc2)c(C)n1-c1cccc(F)c1. The molecule has 0 saturated carbocycles. The number of esters is 1. The molecule has 7 nitrogen and oxygen atoms in total. The predicted molar refractivity (Wildman–Crippen MR) is 113 cm³/mol. The summed E-state index contributed by atoms with van der Waals surface area (Å²) < 4.78 is 20.5. The van der Waals surface area contributed by atoms with E-state index in [0.717, 1.165) is 11.3 Å². The second kappa shape index (κ2) is 9.25. The normalized spacial score (nSPS) is 10.5. The van der Waals surface area contributed by atoms with E-state index in [9.17, 15) is 18.8 Å². The quantitative estimate of drug-likeness (QED) is 0.449. The van der Waals surface area contributed by atoms with Crippen molar-refractivity contribution >= 4 is 17.8 Å². The maximum absolute atomic E-state index is 13.6. The standard InChI is InChI=1S/C23H22FN3O4/c1-14-10-20(15(2)27(14)19-5-3-4-18(24)11-19)21(28)13-31-22(29)17-8-6-16(7-9-17)12-26-23(25)30/h3-11H,12-13H2,1-2H3,(H3,25,26,30). The third-order valence-electron chi connectivity index (χ3n) is 4.79. The summed E-state index contributed by atoms with van der Waals surface area (Å²) in [5.41, 5.74) is 8.47. The van der Waals surface area contributed by atoms with Gasteiger partial charge in [-0.25, -0.2) is 14.0 Å². The van der Waals surface area contributed by atoms with Crippen molar-refractivity contribution in [2.75, 3.05) is 6.61 Å². The number of nitrogens with two attached hydrogens (primary N) is 1. The molecule has 2 aromatic carbocycles. The monoisotopic (exact) mass is 423 g/mol. The van der Waals surface area contributed by atoms with Crippen molar-refractivity contribution in [3.05, 3.63) is 88.5 Å². The third kappa shape index (κ3) is 5.16. The van der Waals surface area contributed by atoms with E-state index >= 15 is 0 Å². The molecule has 0 spiro atoms. The van der Waals surface area contributed by atoms with Crippen molar-refractivity contribution in [3.63, 3.8) is 0 Å². The number of nitrogens with zero attached hydrogens (tertiary/aromatic N) is 1. The number of hydrogen-bond acceptors (Lipinski definition) is 4. The molecular weight excluding hydrogens is 401 g/mol. The van der Waals surface area contributed by atoms with Crippen LogP contribution in [0.1, 0.15) is 37.7 Å². The van der Waals surface area contributed by atoms with Crippen LogP contribution in [-0.4, -0.2) is 29.0 Å². The van der Waals surface area contributed by atoms with Gasteiger partial charge in [-0.05, 0) is 55.8 Å². The fraction of sp³-hybridized carbons (Fsp3) is 0.174. The molecule has 0 radical (unpaired) electrons. The zero-order valence-electron chi connectivity index (χ0n) is 17.1. The van der Waals surface area contributed by atoms with Gasteiger partial charge in [-0.15, -0.1) is 0 Å². The summed E-state index contributed by atoms with van der Waals surface area (Å²) in [7, 11) is 0. The minimum absolute atomic E-state index is 0.240. The average molecular weight is 423 g/mol. The summed E-state index contributed by atoms with van der Waals surface area (Å²) in [6, 6.07) is 13.5. The van der Waals surface area contributed by atoms with Crippen molar-refractivity contribution in [2.45, 2.75) is 20.4 Å². The largest absolute Gasteiger partial charge is 0.454 e. The minimum Gasteiger partial charge on any atom is -0.454 e. The Balaban J connectivity index is 1.66. The number of primary amides is 1. The van der Waals surface area contributed by atoms with Gasteiger partial charge in [-0.1, -0.05) is 18.2 Å². The lowest BCUT2D eigenvalue weighted by molar-refractivity contribution is 0.0474. The maximum Gasteiger partial charge on any atom is 0.338 e. The molecule has 0 aliphatic heterocycles. The molecule has 0 fully saturated rings. The van der Waals surface area contributed by atoms with Crippen LogP contribution in [-0.2, 0) is 11.3 Å². The van der Waals surface area contributed by atoms with Crippen LogP contribution >= 0.6 is 0 Å². The molecule has 31 heavy (non-hydrogen) atoms. The van der Waals surface area contributed by atoms with Crippen molar-refractivity contribution in [3.8, 4) is 5.69 Å². The molecule has 2 amide bonds. The molecule has 3 N–H and O–H groups in total. The Morgan fingerprint density at radius 1 is 1.06 bits per heavy atom. The maximum atomic E-state index is 13.6. The van der Waals surface area contributed by atoms with E-state index in [2.05, 4.69) is 5.32 Å². The van der Waals surface area contributed by atoms with Gasteiger partial charge in [-0.2, -0.15) is 0 Å². The molecule has 0 aliphatic carbocycles. The number of hydrogen-bond donors (Lipinski definition) is 2. The number of nitrogens with one attached hydrogen (secondary N) is 1. The molecule has 1 aromatic heterocycles. The fourth-order valence-corrected chi connectivity index (χ4v) is 3.30. The van der Waals surface area contributed by atoms with Crippen LogP contribution in [0.2, 0.25) is 0 Å². The summed E-state index contributed by atoms with van der Waals surface area (Å²) in [5, 5.41) is 2.45. The highest BCUT2D eigenvalue weighted by atomic mass is 19.1. The van der Waals surface area contributed by atoms with Crippen LogP contribution in [0.3, 0.4) is 0 Å². The molecule has 0 unspecified atom stereocenters. The number of carbonyl (C=O) groups excluding carboxylic acids is 3. The van der Waals surface area contributed by atoms with Crippen LogP contribution < -0.4 is 11.1 Å². The van der Waals surface area contributed by atoms with Crippen LogP contribution in [0.4, 0.5) is 9.18 Å². The van der Waals surface area contributed by atoms with E-state index in [-0.39, 0.29) is 23.7 Å². The summed E-state index contributed by atoms with van der Waals surface area (Å²) in [5.74, 6) is -1.36. The highest BCUT2D eigenvalue weighted by Crippen LogP contribution is 2.22. The van der Waals surface area contributed by atoms with Gasteiger partial charge >= 0.3 is 12.0 Å². The highest BCUT2D eigenvalue weighted by Gasteiger charge is 2.19. The first-order valence-electron chi connectivity index (χ1n) is 9.53. The zero-order chi connectivity index (χ0) is 22.5. The lowest BCUT2D eigenvalue weighted by atomic mass is 10.1. The Labute approximate surface area is 178 Å². The summed E-state index contributed by atoms with van der Waals surface area (Å²) in [4.78, 5) is 35.7. The zero-order valence-corrected chi connectivity index (χ0v) is 17.1. The van der Waals surface area contributed by atoms with Gasteiger partial charge in [0.15, 0.2) is 6.61 Å². The molecule has 0 bridgehead atoms. The topological polar surface area (TPSA) is 103 Å². The molecule has 0 aliphatic rings. The van der Waals surface area contributed by atoms with Gasteiger partial charge in [0, 0.05) is 29.2 Å². The average Bonchev–Trinajstić information content (AvgIpc) is 3.04. The number of amides is 2. The van der Waals surface area contributed by atoms with Gasteiger partial charge < -0.3 is 20.4 Å². The second-order valence-corrected chi connectivity index (χ2v) is 7.01. The summed E-state index contributed by atoms with van der Waals surface area (Å²) in [6.45, 7) is 3.39. The molecule has 3 rings (SSSR count). The van der Waals surface area contributed by atoms with E-state index in [4.69, 9.17) is 10.5 Å². The number of benzene rings is 2. The number of aryl methyl sites for hydroxylation is 1. The lowest BCUT2D eigenvalue weighted by Gasteiger charge is -2.10. The number of Topliss-reactive ketones (excluding diaryl/α,β-unsaturated/α-hetero) is 1. The van der Waals surface area contributed by atoms with Crippen LogP contribution in [0.15, 0.2) is 54.6 Å². The van der Waals surface area contributed by atoms with Gasteiger partial charge in [0.05, 0.1) is 5.56 Å². The lowest BCUT2D eigenvalue weighted by Crippen LogP contribution is -2.28. The molecule has 3 aromatic rings. The Kier molecular flexibility index (Phi) is 6.49. The molecule has 8 heteroatoms. The first kappa shape index (κ1) is 21.8. The van der Waals surface area contributed by atoms with Gasteiger partial charge in [0.1, 0.15) is 5.82 Å². The Morgan fingerprint density at radius 3 is 2.42 bits per heavy atom. The van der Waals surface area contributed by atoms with Crippen molar-refractivity contribution in [2.24, 2.45) is 5.73 Å². The first-order valence-corrected chi connectivity index (χ1v) is 9.53. The van der Waals surface area contributed by atoms with E-state index in [1.54, 1.807) is 54.0 Å². The number of ketones is 1. The molecule has 1 heterocycles. The van der Waals surface area contributed by atoms with E-state index in [1.807, 2.05) is 6.92 Å². The van der Waals surface area contributed by atoms with E-state index < -0.39 is 18.6 Å². The smallest absolute Gasteiger partial charge is 0.338 e. The number of halogens is 1. The summed E-state index contributed by atoms with van der Waals surface area (Å²) >= 11 is 0. The molecule has 0 atom stereocenters. The van der Waals surface area contributed by atoms with Gasteiger partial charge in [-0.3, -0.25) is 4.79 Å². The van der Waals surface area contributed by atoms with Gasteiger partial charge in [0.25, 0.3) is 0 Å². The van der Waals surface area contributed by atoms with E-state index in [0.29, 0.717) is 16.9 Å². The number of urea groups is 1. The van der Waals surface area contributed by atoms with Crippen LogP contribution in [0, 0.1) is 19.7 Å². The summed E-state index contributed by atoms with van der Waals surface area (Å²) in [6.07, 6.45) is 0. The fourth-order valence-electron chi connectivity index (χ4n) is 3.30. The third-order valence-corrected chi connectivity index (χ3v) is 4.79. The number of aromatic nitrogens is 1. The number of ether oxygens (including phenoxy) is 1. The van der Waals surface area contributed by atoms with E-state index in [1.165, 1.54) is 12.1 Å². The van der Waals surface area contributed by atoms with Crippen molar-refractivity contribution in [1.29, 1.82) is 0 Å². The number of rotatable bonds is 7. The second-order valence-electron chi connectivity index (χ2n) is 7.01. The Morgan fingerprint density at radius 2 is 1.77 bits per heavy atom. The predicted octanol–water partition coefficient (Wildman–Crippen LogP) is 3.44. The minimum atomic E-state index is -0.640. The highest BCUT2D eigenvalue weighted by molar-refractivity contribution is 6.00. The molecular formula is C23H22FN3O4. The van der Waals surface area contributed by atoms with Crippen molar-refractivity contribution < 1.29 is 23.5 Å². The van der Waals surface area contributed by atoms with Crippen LogP contribution in [0.5, 0.6) is 0 Å². The van der Waals surface area contributed by atoms with Crippen LogP contribution in [0.25, 0.3) is 5.69 Å². The first-order chi connectivity index (χ1) is 14.8. The Hall–Kier alpha value is -3.94. The van der Waals surface area contributed by atoms with Crippen molar-refractivity contribution in [1.82, 2.24) is 9.88 Å². The number of carbonyl (C=O) groups is 3. The Bertz CT molecular complexity index is 1140. The van der Waals surface area contributed by atoms with Gasteiger partial charge in [0.2, 0.25) is 5.78 Å².